The number of anilines is 2. The van der Waals surface area contributed by atoms with Gasteiger partial charge >= 0.3 is 6.03 Å². The number of aryl methyl sites for hydroxylation is 1. The highest BCUT2D eigenvalue weighted by Crippen LogP contribution is 2.13. The van der Waals surface area contributed by atoms with Crippen LogP contribution in [0.25, 0.3) is 0 Å². The minimum atomic E-state index is -0.537. The van der Waals surface area contributed by atoms with E-state index in [0.717, 1.165) is 12.8 Å². The molecule has 2 N–H and O–H groups in total. The van der Waals surface area contributed by atoms with Crippen molar-refractivity contribution in [1.29, 1.82) is 0 Å². The van der Waals surface area contributed by atoms with E-state index in [2.05, 4.69) is 15.8 Å². The number of amides is 3. The number of benzene rings is 1. The second-order valence-corrected chi connectivity index (χ2v) is 5.56. The van der Waals surface area contributed by atoms with Gasteiger partial charge in [0.2, 0.25) is 5.91 Å². The van der Waals surface area contributed by atoms with Crippen LogP contribution < -0.4 is 10.6 Å². The van der Waals surface area contributed by atoms with Crippen molar-refractivity contribution in [3.63, 3.8) is 0 Å². The summed E-state index contributed by atoms with van der Waals surface area (Å²) in [6.07, 6.45) is 1.58. The molecule has 0 atom stereocenters. The Morgan fingerprint density at radius 2 is 2.04 bits per heavy atom. The normalized spacial score (nSPS) is 10.4. The van der Waals surface area contributed by atoms with Crippen molar-refractivity contribution in [3.8, 4) is 0 Å². The predicted octanol–water partition coefficient (Wildman–Crippen LogP) is 3.39. The van der Waals surface area contributed by atoms with E-state index in [9.17, 15) is 14.0 Å². The molecule has 1 aromatic heterocycles. The van der Waals surface area contributed by atoms with Crippen LogP contribution in [0.2, 0.25) is 0 Å². The van der Waals surface area contributed by atoms with Crippen LogP contribution in [0, 0.1) is 12.7 Å². The second kappa shape index (κ2) is 8.81. The van der Waals surface area contributed by atoms with Crippen molar-refractivity contribution >= 4 is 23.4 Å². The van der Waals surface area contributed by atoms with Gasteiger partial charge in [0.25, 0.3) is 0 Å². The van der Waals surface area contributed by atoms with Crippen molar-refractivity contribution < 1.29 is 18.5 Å². The lowest BCUT2D eigenvalue weighted by molar-refractivity contribution is -0.116. The lowest BCUT2D eigenvalue weighted by Gasteiger charge is -2.22. The quantitative estimate of drug-likeness (QED) is 0.803. The van der Waals surface area contributed by atoms with Gasteiger partial charge in [-0.3, -0.25) is 4.79 Å². The van der Waals surface area contributed by atoms with Crippen LogP contribution in [0.5, 0.6) is 0 Å². The Morgan fingerprint density at radius 1 is 1.28 bits per heavy atom. The topological polar surface area (TPSA) is 87.5 Å². The summed E-state index contributed by atoms with van der Waals surface area (Å²) in [5.74, 6) is -0.0928. The number of hydrogen-bond acceptors (Lipinski definition) is 4. The number of para-hydroxylation sites is 1. The van der Waals surface area contributed by atoms with Crippen LogP contribution in [-0.4, -0.2) is 35.1 Å². The van der Waals surface area contributed by atoms with Crippen LogP contribution in [0.4, 0.5) is 20.7 Å². The molecule has 0 unspecified atom stereocenters. The van der Waals surface area contributed by atoms with Crippen molar-refractivity contribution in [3.05, 3.63) is 41.9 Å². The Bertz CT molecular complexity index is 732. The summed E-state index contributed by atoms with van der Waals surface area (Å²) in [5, 5.41) is 8.72. The number of carbonyl (C=O) groups is 2. The van der Waals surface area contributed by atoms with Gasteiger partial charge in [-0.05, 0) is 25.5 Å². The van der Waals surface area contributed by atoms with Gasteiger partial charge in [-0.2, -0.15) is 0 Å². The molecule has 0 aliphatic rings. The minimum absolute atomic E-state index is 0.0709. The van der Waals surface area contributed by atoms with Gasteiger partial charge in [0.1, 0.15) is 18.1 Å². The molecule has 2 rings (SSSR count). The first-order valence-electron chi connectivity index (χ1n) is 8.03. The number of unbranched alkanes of at least 4 members (excludes halogenated alkanes) is 1. The fraction of sp³-hybridized carbons (Fsp3) is 0.353. The molecule has 1 heterocycles. The number of nitrogens with zero attached hydrogens (tertiary/aromatic N) is 2. The first-order chi connectivity index (χ1) is 12.0. The molecule has 0 aliphatic heterocycles. The molecule has 0 radical (unpaired) electrons. The van der Waals surface area contributed by atoms with E-state index < -0.39 is 17.8 Å². The van der Waals surface area contributed by atoms with Crippen molar-refractivity contribution in [2.24, 2.45) is 0 Å². The summed E-state index contributed by atoms with van der Waals surface area (Å²) in [6.45, 7) is 3.89. The third-order valence-corrected chi connectivity index (χ3v) is 3.41. The average molecular weight is 348 g/mol. The first-order valence-corrected chi connectivity index (χ1v) is 8.03. The standard InChI is InChI=1S/C17H21FN4O3/c1-3-4-9-22(11-16(23)20-15-10-12(2)25-21-15)17(24)19-14-8-6-5-7-13(14)18/h5-8,10H,3-4,9,11H2,1-2H3,(H,19,24)(H,20,21,23). The van der Waals surface area contributed by atoms with Crippen molar-refractivity contribution in [1.82, 2.24) is 10.1 Å². The zero-order chi connectivity index (χ0) is 18.2. The zero-order valence-corrected chi connectivity index (χ0v) is 14.2. The number of hydrogen-bond donors (Lipinski definition) is 2. The van der Waals surface area contributed by atoms with Gasteiger partial charge in [-0.1, -0.05) is 30.6 Å². The molecule has 0 saturated heterocycles. The summed E-state index contributed by atoms with van der Waals surface area (Å²) in [6, 6.07) is 6.91. The molecule has 2 aromatic rings. The molecule has 0 aliphatic carbocycles. The molecule has 3 amide bonds. The Morgan fingerprint density at radius 3 is 2.68 bits per heavy atom. The Labute approximate surface area is 145 Å². The number of aromatic nitrogens is 1. The van der Waals surface area contributed by atoms with Gasteiger partial charge in [0.05, 0.1) is 5.69 Å². The molecule has 0 fully saturated rings. The van der Waals surface area contributed by atoms with E-state index >= 15 is 0 Å². The summed E-state index contributed by atoms with van der Waals surface area (Å²) in [4.78, 5) is 25.9. The molecule has 25 heavy (non-hydrogen) atoms. The number of nitrogens with one attached hydrogen (secondary N) is 2. The fourth-order valence-electron chi connectivity index (χ4n) is 2.14. The van der Waals surface area contributed by atoms with Crippen LogP contribution in [-0.2, 0) is 4.79 Å². The lowest BCUT2D eigenvalue weighted by atomic mass is 10.3. The van der Waals surface area contributed by atoms with Gasteiger partial charge in [0, 0.05) is 12.6 Å². The number of halogens is 1. The highest BCUT2D eigenvalue weighted by atomic mass is 19.1. The number of carbonyl (C=O) groups excluding carboxylic acids is 2. The largest absolute Gasteiger partial charge is 0.360 e. The molecule has 0 saturated carbocycles. The van der Waals surface area contributed by atoms with E-state index in [0.29, 0.717) is 12.3 Å². The van der Waals surface area contributed by atoms with Gasteiger partial charge in [0.15, 0.2) is 5.82 Å². The fourth-order valence-corrected chi connectivity index (χ4v) is 2.14. The van der Waals surface area contributed by atoms with Gasteiger partial charge in [-0.15, -0.1) is 0 Å². The van der Waals surface area contributed by atoms with E-state index in [4.69, 9.17) is 4.52 Å². The molecule has 1 aromatic carbocycles. The first kappa shape index (κ1) is 18.4. The average Bonchev–Trinajstić information content (AvgIpc) is 2.98. The Balaban J connectivity index is 2.00. The molecule has 0 spiro atoms. The highest BCUT2D eigenvalue weighted by Gasteiger charge is 2.18. The monoisotopic (exact) mass is 348 g/mol. The van der Waals surface area contributed by atoms with Crippen LogP contribution in [0.15, 0.2) is 34.9 Å². The predicted molar refractivity (Wildman–Crippen MR) is 91.8 cm³/mol. The Kier molecular flexibility index (Phi) is 6.50. The molecule has 134 valence electrons. The third-order valence-electron chi connectivity index (χ3n) is 3.41. The van der Waals surface area contributed by atoms with Crippen LogP contribution >= 0.6 is 0 Å². The van der Waals surface area contributed by atoms with Crippen LogP contribution in [0.3, 0.4) is 0 Å². The maximum absolute atomic E-state index is 13.7. The summed E-state index contributed by atoms with van der Waals surface area (Å²) >= 11 is 0. The smallest absolute Gasteiger partial charge is 0.322 e. The van der Waals surface area contributed by atoms with E-state index in [1.807, 2.05) is 6.92 Å². The summed E-state index contributed by atoms with van der Waals surface area (Å²) in [7, 11) is 0. The zero-order valence-electron chi connectivity index (χ0n) is 14.2. The van der Waals surface area contributed by atoms with Crippen molar-refractivity contribution in [2.75, 3.05) is 23.7 Å². The maximum Gasteiger partial charge on any atom is 0.322 e. The van der Waals surface area contributed by atoms with E-state index in [-0.39, 0.29) is 18.1 Å². The summed E-state index contributed by atoms with van der Waals surface area (Å²) < 4.78 is 18.6. The SMILES string of the molecule is CCCCN(CC(=O)Nc1cc(C)on1)C(=O)Nc1ccccc1F. The van der Waals surface area contributed by atoms with Crippen LogP contribution in [0.1, 0.15) is 25.5 Å². The second-order valence-electron chi connectivity index (χ2n) is 5.56. The molecular formula is C17H21FN4O3. The number of rotatable bonds is 7. The van der Waals surface area contributed by atoms with Gasteiger partial charge < -0.3 is 20.1 Å². The summed E-state index contributed by atoms with van der Waals surface area (Å²) in [5.41, 5.74) is 0.0709. The minimum Gasteiger partial charge on any atom is -0.360 e. The number of urea groups is 1. The van der Waals surface area contributed by atoms with E-state index in [1.165, 1.54) is 23.1 Å². The molecule has 0 bridgehead atoms. The third kappa shape index (κ3) is 5.59. The van der Waals surface area contributed by atoms with E-state index in [1.54, 1.807) is 19.1 Å². The molecular weight excluding hydrogens is 327 g/mol. The molecule has 7 nitrogen and oxygen atoms in total. The van der Waals surface area contributed by atoms with Crippen molar-refractivity contribution in [2.45, 2.75) is 26.7 Å². The lowest BCUT2D eigenvalue weighted by Crippen LogP contribution is -2.41. The molecule has 8 heteroatoms. The highest BCUT2D eigenvalue weighted by molar-refractivity contribution is 5.96. The Hall–Kier alpha value is -2.90. The van der Waals surface area contributed by atoms with Gasteiger partial charge in [-0.25, -0.2) is 9.18 Å². The maximum atomic E-state index is 13.7.